The van der Waals surface area contributed by atoms with Gasteiger partial charge in [0.1, 0.15) is 5.82 Å². The second-order valence-corrected chi connectivity index (χ2v) is 4.22. The molecule has 0 aliphatic carbocycles. The van der Waals surface area contributed by atoms with E-state index in [0.29, 0.717) is 11.3 Å². The van der Waals surface area contributed by atoms with Crippen molar-refractivity contribution in [2.24, 2.45) is 5.73 Å². The number of nitrogens with two attached hydrogens (primary N) is 1. The summed E-state index contributed by atoms with van der Waals surface area (Å²) in [6.07, 6.45) is 0. The van der Waals surface area contributed by atoms with E-state index in [2.05, 4.69) is 4.98 Å². The van der Waals surface area contributed by atoms with Gasteiger partial charge in [0, 0.05) is 10.9 Å². The van der Waals surface area contributed by atoms with Gasteiger partial charge in [-0.15, -0.1) is 11.3 Å². The Bertz CT molecular complexity index is 551. The average molecular weight is 236 g/mol. The van der Waals surface area contributed by atoms with Gasteiger partial charge in [0.25, 0.3) is 5.91 Å². The number of nitrogens with zero attached hydrogens (tertiary/aromatic N) is 1. The van der Waals surface area contributed by atoms with Crippen LogP contribution in [-0.2, 0) is 0 Å². The fourth-order valence-electron chi connectivity index (χ4n) is 1.32. The lowest BCUT2D eigenvalue weighted by Gasteiger charge is -1.99. The monoisotopic (exact) mass is 236 g/mol. The minimum Gasteiger partial charge on any atom is -0.364 e. The van der Waals surface area contributed by atoms with Crippen molar-refractivity contribution in [1.29, 1.82) is 0 Å². The molecule has 0 saturated heterocycles. The van der Waals surface area contributed by atoms with Crippen LogP contribution in [0.3, 0.4) is 0 Å². The molecule has 3 nitrogen and oxygen atoms in total. The van der Waals surface area contributed by atoms with Crippen LogP contribution in [-0.4, -0.2) is 10.9 Å². The van der Waals surface area contributed by atoms with E-state index in [1.165, 1.54) is 17.4 Å². The van der Waals surface area contributed by atoms with Crippen LogP contribution in [0.2, 0.25) is 0 Å². The maximum absolute atomic E-state index is 13.1. The Labute approximate surface area is 95.7 Å². The summed E-state index contributed by atoms with van der Waals surface area (Å²) >= 11 is 1.18. The van der Waals surface area contributed by atoms with Crippen molar-refractivity contribution >= 4 is 17.2 Å². The van der Waals surface area contributed by atoms with Crippen molar-refractivity contribution in [2.45, 2.75) is 6.92 Å². The molecular formula is C11H9FN2OS. The van der Waals surface area contributed by atoms with Gasteiger partial charge in [0.15, 0.2) is 5.01 Å². The third-order valence-corrected chi connectivity index (χ3v) is 3.03. The predicted octanol–water partition coefficient (Wildman–Crippen LogP) is 2.36. The normalized spacial score (nSPS) is 10.4. The van der Waals surface area contributed by atoms with Crippen LogP contribution in [0, 0.1) is 12.7 Å². The van der Waals surface area contributed by atoms with Crippen LogP contribution < -0.4 is 5.73 Å². The van der Waals surface area contributed by atoms with Gasteiger partial charge in [0.05, 0.1) is 5.69 Å². The highest BCUT2D eigenvalue weighted by molar-refractivity contribution is 7.12. The van der Waals surface area contributed by atoms with Crippen LogP contribution in [0.15, 0.2) is 23.6 Å². The Kier molecular flexibility index (Phi) is 2.70. The van der Waals surface area contributed by atoms with E-state index in [9.17, 15) is 9.18 Å². The van der Waals surface area contributed by atoms with Crippen molar-refractivity contribution < 1.29 is 9.18 Å². The van der Waals surface area contributed by atoms with Gasteiger partial charge in [-0.25, -0.2) is 9.37 Å². The Morgan fingerprint density at radius 2 is 2.25 bits per heavy atom. The van der Waals surface area contributed by atoms with Crippen molar-refractivity contribution in [3.63, 3.8) is 0 Å². The van der Waals surface area contributed by atoms with E-state index >= 15 is 0 Å². The first kappa shape index (κ1) is 10.8. The van der Waals surface area contributed by atoms with Gasteiger partial charge in [-0.2, -0.15) is 0 Å². The van der Waals surface area contributed by atoms with Crippen LogP contribution in [0.4, 0.5) is 4.39 Å². The molecule has 0 atom stereocenters. The zero-order valence-electron chi connectivity index (χ0n) is 8.53. The number of aryl methyl sites for hydroxylation is 1. The topological polar surface area (TPSA) is 56.0 Å². The summed E-state index contributed by atoms with van der Waals surface area (Å²) in [4.78, 5) is 14.9. The van der Waals surface area contributed by atoms with E-state index in [1.807, 2.05) is 0 Å². The smallest absolute Gasteiger partial charge is 0.277 e. The van der Waals surface area contributed by atoms with Gasteiger partial charge in [-0.1, -0.05) is 0 Å². The maximum atomic E-state index is 13.1. The first-order chi connectivity index (χ1) is 7.58. The molecule has 0 radical (unpaired) electrons. The number of carbonyl (C=O) groups excluding carboxylic acids is 1. The van der Waals surface area contributed by atoms with Gasteiger partial charge in [-0.05, 0) is 30.7 Å². The lowest BCUT2D eigenvalue weighted by atomic mass is 10.1. The number of hydrogen-bond donors (Lipinski definition) is 1. The second kappa shape index (κ2) is 4.02. The molecule has 0 bridgehead atoms. The van der Waals surface area contributed by atoms with Crippen molar-refractivity contribution in [1.82, 2.24) is 4.98 Å². The molecular weight excluding hydrogens is 227 g/mol. The number of primary amides is 1. The summed E-state index contributed by atoms with van der Waals surface area (Å²) in [7, 11) is 0. The van der Waals surface area contributed by atoms with E-state index in [-0.39, 0.29) is 10.8 Å². The molecule has 16 heavy (non-hydrogen) atoms. The molecule has 2 rings (SSSR count). The summed E-state index contributed by atoms with van der Waals surface area (Å²) in [5, 5.41) is 1.99. The molecule has 5 heteroatoms. The van der Waals surface area contributed by atoms with Crippen LogP contribution >= 0.6 is 11.3 Å². The average Bonchev–Trinajstić information content (AvgIpc) is 2.71. The Morgan fingerprint density at radius 1 is 1.50 bits per heavy atom. The summed E-state index contributed by atoms with van der Waals surface area (Å²) in [5.41, 5.74) is 7.08. The molecule has 0 aliphatic heterocycles. The second-order valence-electron chi connectivity index (χ2n) is 3.37. The number of benzene rings is 1. The molecule has 1 aromatic carbocycles. The zero-order chi connectivity index (χ0) is 11.7. The highest BCUT2D eigenvalue weighted by Gasteiger charge is 2.09. The number of carbonyl (C=O) groups is 1. The van der Waals surface area contributed by atoms with Crippen LogP contribution in [0.5, 0.6) is 0 Å². The van der Waals surface area contributed by atoms with Crippen LogP contribution in [0.25, 0.3) is 11.3 Å². The Balaban J connectivity index is 2.42. The van der Waals surface area contributed by atoms with Gasteiger partial charge < -0.3 is 5.73 Å². The fraction of sp³-hybridized carbons (Fsp3) is 0.0909. The molecule has 0 aliphatic rings. The van der Waals surface area contributed by atoms with Gasteiger partial charge in [-0.3, -0.25) is 4.79 Å². The molecule has 0 unspecified atom stereocenters. The maximum Gasteiger partial charge on any atom is 0.277 e. The lowest BCUT2D eigenvalue weighted by molar-refractivity contribution is 0.1000. The van der Waals surface area contributed by atoms with E-state index < -0.39 is 5.91 Å². The molecule has 2 aromatic rings. The van der Waals surface area contributed by atoms with E-state index in [4.69, 9.17) is 5.73 Å². The SMILES string of the molecule is Cc1cc(-c2csc(C(N)=O)n2)ccc1F. The molecule has 2 N–H and O–H groups in total. The molecule has 1 heterocycles. The summed E-state index contributed by atoms with van der Waals surface area (Å²) in [6.45, 7) is 1.68. The largest absolute Gasteiger partial charge is 0.364 e. The number of amides is 1. The molecule has 0 fully saturated rings. The molecule has 0 saturated carbocycles. The minimum atomic E-state index is -0.546. The Morgan fingerprint density at radius 3 is 2.81 bits per heavy atom. The highest BCUT2D eigenvalue weighted by atomic mass is 32.1. The number of hydrogen-bond acceptors (Lipinski definition) is 3. The lowest BCUT2D eigenvalue weighted by Crippen LogP contribution is -2.10. The van der Waals surface area contributed by atoms with Gasteiger partial charge >= 0.3 is 0 Å². The predicted molar refractivity (Wildman–Crippen MR) is 60.8 cm³/mol. The van der Waals surface area contributed by atoms with Crippen molar-refractivity contribution in [3.8, 4) is 11.3 Å². The molecule has 1 aromatic heterocycles. The number of thiazole rings is 1. The third-order valence-electron chi connectivity index (χ3n) is 2.17. The Hall–Kier alpha value is -1.75. The standard InChI is InChI=1S/C11H9FN2OS/c1-6-4-7(2-3-8(6)12)9-5-16-11(14-9)10(13)15/h2-5H,1H3,(H2,13,15). The van der Waals surface area contributed by atoms with Crippen molar-refractivity contribution in [3.05, 3.63) is 40.0 Å². The third kappa shape index (κ3) is 1.94. The van der Waals surface area contributed by atoms with Crippen molar-refractivity contribution in [2.75, 3.05) is 0 Å². The first-order valence-electron chi connectivity index (χ1n) is 4.60. The quantitative estimate of drug-likeness (QED) is 0.870. The molecule has 1 amide bonds. The van der Waals surface area contributed by atoms with E-state index in [1.54, 1.807) is 24.4 Å². The van der Waals surface area contributed by atoms with Crippen LogP contribution in [0.1, 0.15) is 15.4 Å². The zero-order valence-corrected chi connectivity index (χ0v) is 9.34. The first-order valence-corrected chi connectivity index (χ1v) is 5.48. The fourth-order valence-corrected chi connectivity index (χ4v) is 2.00. The number of aromatic nitrogens is 1. The molecule has 82 valence electrons. The van der Waals surface area contributed by atoms with E-state index in [0.717, 1.165) is 5.56 Å². The summed E-state index contributed by atoms with van der Waals surface area (Å²) in [6, 6.07) is 4.70. The number of halogens is 1. The van der Waals surface area contributed by atoms with Gasteiger partial charge in [0.2, 0.25) is 0 Å². The summed E-state index contributed by atoms with van der Waals surface area (Å²) in [5.74, 6) is -0.802. The summed E-state index contributed by atoms with van der Waals surface area (Å²) < 4.78 is 13.1. The number of rotatable bonds is 2. The minimum absolute atomic E-state index is 0.255. The highest BCUT2D eigenvalue weighted by Crippen LogP contribution is 2.23. The molecule has 0 spiro atoms.